The average Bonchev–Trinajstić information content (AvgIpc) is 2.27. The van der Waals surface area contributed by atoms with Crippen LogP contribution in [0.1, 0.15) is 5.56 Å². The third-order valence-electron chi connectivity index (χ3n) is 1.86. The van der Waals surface area contributed by atoms with Gasteiger partial charge in [-0.15, -0.1) is 0 Å². The van der Waals surface area contributed by atoms with Crippen LogP contribution in [0.5, 0.6) is 0 Å². The van der Waals surface area contributed by atoms with Gasteiger partial charge in [0.25, 0.3) is 0 Å². The molecule has 100 valence electrons. The number of alkyl halides is 4. The van der Waals surface area contributed by atoms with Gasteiger partial charge in [0.1, 0.15) is 13.2 Å². The molecule has 0 saturated heterocycles. The Kier molecular flexibility index (Phi) is 5.61. The fourth-order valence-electron chi connectivity index (χ4n) is 1.19. The molecular weight excluding hydrogens is 315 g/mol. The quantitative estimate of drug-likeness (QED) is 0.845. The number of rotatable bonds is 5. The highest BCUT2D eigenvalue weighted by Gasteiger charge is 2.27. The van der Waals surface area contributed by atoms with E-state index in [-0.39, 0.29) is 0 Å². The predicted octanol–water partition coefficient (Wildman–Crippen LogP) is 3.10. The first-order chi connectivity index (χ1) is 8.40. The summed E-state index contributed by atoms with van der Waals surface area (Å²) < 4.78 is 39.6. The second kappa shape index (κ2) is 6.75. The summed E-state index contributed by atoms with van der Waals surface area (Å²) in [7, 11) is 0. The second-order valence-electron chi connectivity index (χ2n) is 3.49. The molecule has 0 aliphatic rings. The SMILES string of the molecule is O=C(COCC(F)(F)F)Nc1cccc(CBr)c1. The lowest BCUT2D eigenvalue weighted by Crippen LogP contribution is -2.24. The zero-order chi connectivity index (χ0) is 13.6. The fourth-order valence-corrected chi connectivity index (χ4v) is 1.54. The molecule has 0 radical (unpaired) electrons. The number of nitrogens with one attached hydrogen (secondary N) is 1. The molecule has 1 rings (SSSR count). The summed E-state index contributed by atoms with van der Waals surface area (Å²) in [5, 5.41) is 3.08. The van der Waals surface area contributed by atoms with E-state index in [0.29, 0.717) is 11.0 Å². The Hall–Kier alpha value is -1.08. The van der Waals surface area contributed by atoms with Crippen molar-refractivity contribution in [2.45, 2.75) is 11.5 Å². The molecule has 0 saturated carbocycles. The van der Waals surface area contributed by atoms with Gasteiger partial charge in [-0.3, -0.25) is 4.79 Å². The molecule has 1 N–H and O–H groups in total. The van der Waals surface area contributed by atoms with Crippen molar-refractivity contribution in [2.75, 3.05) is 18.5 Å². The first kappa shape index (κ1) is 15.0. The van der Waals surface area contributed by atoms with Gasteiger partial charge in [0.2, 0.25) is 5.91 Å². The van der Waals surface area contributed by atoms with Gasteiger partial charge in [-0.2, -0.15) is 13.2 Å². The lowest BCUT2D eigenvalue weighted by molar-refractivity contribution is -0.174. The van der Waals surface area contributed by atoms with Gasteiger partial charge < -0.3 is 10.1 Å². The predicted molar refractivity (Wildman–Crippen MR) is 64.6 cm³/mol. The summed E-state index contributed by atoms with van der Waals surface area (Å²) in [4.78, 5) is 11.3. The van der Waals surface area contributed by atoms with E-state index in [1.54, 1.807) is 18.2 Å². The zero-order valence-corrected chi connectivity index (χ0v) is 10.8. The maximum atomic E-state index is 11.8. The van der Waals surface area contributed by atoms with Crippen LogP contribution in [0.4, 0.5) is 18.9 Å². The minimum Gasteiger partial charge on any atom is -0.362 e. The van der Waals surface area contributed by atoms with Crippen LogP contribution in [0.2, 0.25) is 0 Å². The molecule has 0 unspecified atom stereocenters. The third-order valence-corrected chi connectivity index (χ3v) is 2.51. The topological polar surface area (TPSA) is 38.3 Å². The number of anilines is 1. The summed E-state index contributed by atoms with van der Waals surface area (Å²) in [6, 6.07) is 6.96. The normalized spacial score (nSPS) is 11.3. The molecule has 7 heteroatoms. The van der Waals surface area contributed by atoms with Crippen molar-refractivity contribution in [1.82, 2.24) is 0 Å². The third kappa shape index (κ3) is 6.02. The van der Waals surface area contributed by atoms with Crippen LogP contribution in [-0.4, -0.2) is 25.3 Å². The molecule has 0 heterocycles. The summed E-state index contributed by atoms with van der Waals surface area (Å²) in [6.07, 6.45) is -4.42. The van der Waals surface area contributed by atoms with Crippen molar-refractivity contribution in [3.8, 4) is 0 Å². The van der Waals surface area contributed by atoms with Gasteiger partial charge in [0.15, 0.2) is 0 Å². The van der Waals surface area contributed by atoms with Gasteiger partial charge in [0.05, 0.1) is 0 Å². The molecule has 1 aromatic carbocycles. The van der Waals surface area contributed by atoms with E-state index in [9.17, 15) is 18.0 Å². The van der Waals surface area contributed by atoms with E-state index in [1.165, 1.54) is 0 Å². The maximum Gasteiger partial charge on any atom is 0.411 e. The molecule has 0 aliphatic heterocycles. The number of hydrogen-bond acceptors (Lipinski definition) is 2. The molecule has 0 aromatic heterocycles. The Balaban J connectivity index is 2.40. The number of hydrogen-bond donors (Lipinski definition) is 1. The van der Waals surface area contributed by atoms with Crippen LogP contribution in [-0.2, 0) is 14.9 Å². The first-order valence-electron chi connectivity index (χ1n) is 5.00. The van der Waals surface area contributed by atoms with Crippen LogP contribution in [0.15, 0.2) is 24.3 Å². The van der Waals surface area contributed by atoms with Crippen molar-refractivity contribution >= 4 is 27.5 Å². The Morgan fingerprint density at radius 3 is 2.72 bits per heavy atom. The minimum atomic E-state index is -4.42. The number of halogens is 4. The van der Waals surface area contributed by atoms with Crippen molar-refractivity contribution in [3.63, 3.8) is 0 Å². The molecule has 0 fully saturated rings. The van der Waals surface area contributed by atoms with Gasteiger partial charge in [-0.1, -0.05) is 28.1 Å². The van der Waals surface area contributed by atoms with E-state index in [1.807, 2.05) is 6.07 Å². The fraction of sp³-hybridized carbons (Fsp3) is 0.364. The van der Waals surface area contributed by atoms with Crippen molar-refractivity contribution in [1.29, 1.82) is 0 Å². The molecule has 18 heavy (non-hydrogen) atoms. The van der Waals surface area contributed by atoms with Crippen LogP contribution in [0.3, 0.4) is 0 Å². The molecule has 3 nitrogen and oxygen atoms in total. The van der Waals surface area contributed by atoms with Gasteiger partial charge in [0, 0.05) is 11.0 Å². The lowest BCUT2D eigenvalue weighted by atomic mass is 10.2. The van der Waals surface area contributed by atoms with Crippen molar-refractivity contribution in [3.05, 3.63) is 29.8 Å². The number of benzene rings is 1. The highest BCUT2D eigenvalue weighted by atomic mass is 79.9. The largest absolute Gasteiger partial charge is 0.411 e. The molecule has 1 aromatic rings. The number of carbonyl (C=O) groups excluding carboxylic acids is 1. The molecule has 1 amide bonds. The summed E-state index contributed by atoms with van der Waals surface area (Å²) in [6.45, 7) is -2.06. The Morgan fingerprint density at radius 1 is 1.39 bits per heavy atom. The van der Waals surface area contributed by atoms with Crippen LogP contribution in [0.25, 0.3) is 0 Å². The van der Waals surface area contributed by atoms with E-state index in [2.05, 4.69) is 26.0 Å². The number of ether oxygens (including phenoxy) is 1. The smallest absolute Gasteiger partial charge is 0.362 e. The summed E-state index contributed by atoms with van der Waals surface area (Å²) in [5.74, 6) is -0.619. The Bertz CT molecular complexity index is 410. The Morgan fingerprint density at radius 2 is 2.11 bits per heavy atom. The molecule has 0 aliphatic carbocycles. The van der Waals surface area contributed by atoms with Crippen molar-refractivity contribution < 1.29 is 22.7 Å². The summed E-state index contributed by atoms with van der Waals surface area (Å²) in [5.41, 5.74) is 1.47. The highest BCUT2D eigenvalue weighted by Crippen LogP contribution is 2.15. The summed E-state index contributed by atoms with van der Waals surface area (Å²) >= 11 is 3.26. The number of carbonyl (C=O) groups is 1. The van der Waals surface area contributed by atoms with E-state index >= 15 is 0 Å². The van der Waals surface area contributed by atoms with Gasteiger partial charge in [-0.25, -0.2) is 0 Å². The minimum absolute atomic E-state index is 0.521. The maximum absolute atomic E-state index is 11.8. The Labute approximate surface area is 110 Å². The van der Waals surface area contributed by atoms with Crippen LogP contribution in [0, 0.1) is 0 Å². The lowest BCUT2D eigenvalue weighted by Gasteiger charge is -2.08. The van der Waals surface area contributed by atoms with E-state index in [4.69, 9.17) is 0 Å². The zero-order valence-electron chi connectivity index (χ0n) is 9.26. The van der Waals surface area contributed by atoms with Crippen LogP contribution >= 0.6 is 15.9 Å². The average molecular weight is 326 g/mol. The standard InChI is InChI=1S/C11H11BrF3NO2/c12-5-8-2-1-3-9(4-8)16-10(17)6-18-7-11(13,14)15/h1-4H,5-7H2,(H,16,17). The van der Waals surface area contributed by atoms with Gasteiger partial charge >= 0.3 is 6.18 Å². The van der Waals surface area contributed by atoms with Gasteiger partial charge in [-0.05, 0) is 17.7 Å². The molecule has 0 atom stereocenters. The monoisotopic (exact) mass is 325 g/mol. The molecule has 0 spiro atoms. The first-order valence-corrected chi connectivity index (χ1v) is 6.12. The van der Waals surface area contributed by atoms with E-state index in [0.717, 1.165) is 5.56 Å². The van der Waals surface area contributed by atoms with Crippen LogP contribution < -0.4 is 5.32 Å². The number of amides is 1. The van der Waals surface area contributed by atoms with Crippen molar-refractivity contribution in [2.24, 2.45) is 0 Å². The second-order valence-corrected chi connectivity index (χ2v) is 4.05. The van der Waals surface area contributed by atoms with E-state index < -0.39 is 25.3 Å². The molecular formula is C11H11BrF3NO2. The molecule has 0 bridgehead atoms. The highest BCUT2D eigenvalue weighted by molar-refractivity contribution is 9.08.